The Hall–Kier alpha value is -2.40. The van der Waals surface area contributed by atoms with Crippen LogP contribution < -0.4 is 10.6 Å². The van der Waals surface area contributed by atoms with Crippen molar-refractivity contribution in [1.82, 2.24) is 4.98 Å². The van der Waals surface area contributed by atoms with Gasteiger partial charge in [0.1, 0.15) is 0 Å². The Balaban J connectivity index is 2.17. The zero-order chi connectivity index (χ0) is 14.5. The maximum absolute atomic E-state index is 12.1. The Morgan fingerprint density at radius 1 is 1.15 bits per heavy atom. The lowest BCUT2D eigenvalue weighted by molar-refractivity contribution is -0.114. The summed E-state index contributed by atoms with van der Waals surface area (Å²) in [7, 11) is 0. The van der Waals surface area contributed by atoms with Crippen molar-refractivity contribution in [1.29, 1.82) is 0 Å². The molecule has 0 radical (unpaired) electrons. The zero-order valence-corrected chi connectivity index (χ0v) is 11.4. The molecule has 0 saturated heterocycles. The molecule has 102 valence electrons. The molecule has 2 amide bonds. The standard InChI is InChI=1S/C14H12ClN3O2/c1-9(19)17-11-5-2-4-10(8-11)14(20)18-12-6-3-7-16-13(12)15/h2-8H,1H3,(H,17,19)(H,18,20). The van der Waals surface area contributed by atoms with E-state index in [-0.39, 0.29) is 17.0 Å². The largest absolute Gasteiger partial charge is 0.326 e. The number of carbonyl (C=O) groups excluding carboxylic acids is 2. The van der Waals surface area contributed by atoms with Gasteiger partial charge >= 0.3 is 0 Å². The van der Waals surface area contributed by atoms with Crippen molar-refractivity contribution in [3.05, 3.63) is 53.3 Å². The summed E-state index contributed by atoms with van der Waals surface area (Å²) in [6.45, 7) is 1.40. The van der Waals surface area contributed by atoms with Crippen LogP contribution in [0.4, 0.5) is 11.4 Å². The summed E-state index contributed by atoms with van der Waals surface area (Å²) in [5.41, 5.74) is 1.41. The predicted molar refractivity (Wildman–Crippen MR) is 77.9 cm³/mol. The fraction of sp³-hybridized carbons (Fsp3) is 0.0714. The van der Waals surface area contributed by atoms with Crippen LogP contribution >= 0.6 is 11.6 Å². The minimum Gasteiger partial charge on any atom is -0.326 e. The first-order chi connectivity index (χ1) is 9.56. The maximum Gasteiger partial charge on any atom is 0.255 e. The number of anilines is 2. The van der Waals surface area contributed by atoms with Gasteiger partial charge in [-0.15, -0.1) is 0 Å². The monoisotopic (exact) mass is 289 g/mol. The number of carbonyl (C=O) groups is 2. The third kappa shape index (κ3) is 3.55. The molecule has 0 aliphatic carbocycles. The molecule has 0 fully saturated rings. The molecule has 2 N–H and O–H groups in total. The fourth-order valence-electron chi connectivity index (χ4n) is 1.62. The minimum atomic E-state index is -0.327. The SMILES string of the molecule is CC(=O)Nc1cccc(C(=O)Nc2cccnc2Cl)c1. The van der Waals surface area contributed by atoms with E-state index in [0.717, 1.165) is 0 Å². The molecular formula is C14H12ClN3O2. The van der Waals surface area contributed by atoms with Gasteiger partial charge in [0.25, 0.3) is 5.91 Å². The molecule has 1 aromatic carbocycles. The van der Waals surface area contributed by atoms with Gasteiger partial charge in [0.2, 0.25) is 5.91 Å². The van der Waals surface area contributed by atoms with E-state index >= 15 is 0 Å². The molecule has 0 spiro atoms. The van der Waals surface area contributed by atoms with Gasteiger partial charge in [-0.1, -0.05) is 17.7 Å². The summed E-state index contributed by atoms with van der Waals surface area (Å²) < 4.78 is 0. The number of nitrogens with zero attached hydrogens (tertiary/aromatic N) is 1. The van der Waals surface area contributed by atoms with Crippen LogP contribution in [0.15, 0.2) is 42.6 Å². The van der Waals surface area contributed by atoms with E-state index in [0.29, 0.717) is 16.9 Å². The first kappa shape index (κ1) is 14.0. The van der Waals surface area contributed by atoms with Crippen molar-refractivity contribution in [3.63, 3.8) is 0 Å². The second kappa shape index (κ2) is 6.16. The van der Waals surface area contributed by atoms with Gasteiger partial charge in [-0.2, -0.15) is 0 Å². The number of rotatable bonds is 3. The number of hydrogen-bond donors (Lipinski definition) is 2. The number of nitrogens with one attached hydrogen (secondary N) is 2. The van der Waals surface area contributed by atoms with E-state index in [4.69, 9.17) is 11.6 Å². The van der Waals surface area contributed by atoms with Crippen molar-refractivity contribution in [2.24, 2.45) is 0 Å². The molecule has 1 heterocycles. The second-order valence-corrected chi connectivity index (χ2v) is 4.42. The highest BCUT2D eigenvalue weighted by atomic mass is 35.5. The second-order valence-electron chi connectivity index (χ2n) is 4.06. The number of pyridine rings is 1. The van der Waals surface area contributed by atoms with Crippen LogP contribution in [0.3, 0.4) is 0 Å². The third-order valence-corrected chi connectivity index (χ3v) is 2.75. The molecular weight excluding hydrogens is 278 g/mol. The average Bonchev–Trinajstić information content (AvgIpc) is 2.41. The normalized spacial score (nSPS) is 9.90. The van der Waals surface area contributed by atoms with E-state index in [1.54, 1.807) is 36.4 Å². The van der Waals surface area contributed by atoms with Gasteiger partial charge in [-0.25, -0.2) is 4.98 Å². The lowest BCUT2D eigenvalue weighted by Gasteiger charge is -2.08. The van der Waals surface area contributed by atoms with Crippen molar-refractivity contribution in [3.8, 4) is 0 Å². The Morgan fingerprint density at radius 2 is 1.95 bits per heavy atom. The summed E-state index contributed by atoms with van der Waals surface area (Å²) in [5.74, 6) is -0.523. The minimum absolute atomic E-state index is 0.196. The van der Waals surface area contributed by atoms with Crippen LogP contribution in [0.2, 0.25) is 5.15 Å². The molecule has 5 nitrogen and oxygen atoms in total. The summed E-state index contributed by atoms with van der Waals surface area (Å²) in [5, 5.41) is 5.50. The van der Waals surface area contributed by atoms with Crippen molar-refractivity contribution in [2.45, 2.75) is 6.92 Å². The van der Waals surface area contributed by atoms with Crippen LogP contribution in [0.1, 0.15) is 17.3 Å². The van der Waals surface area contributed by atoms with E-state index in [9.17, 15) is 9.59 Å². The molecule has 0 aliphatic heterocycles. The van der Waals surface area contributed by atoms with E-state index in [2.05, 4.69) is 15.6 Å². The molecule has 2 rings (SSSR count). The van der Waals surface area contributed by atoms with Crippen molar-refractivity contribution in [2.75, 3.05) is 10.6 Å². The maximum atomic E-state index is 12.1. The Labute approximate surface area is 121 Å². The summed E-state index contributed by atoms with van der Waals surface area (Å²) in [4.78, 5) is 27.0. The number of aromatic nitrogens is 1. The number of halogens is 1. The predicted octanol–water partition coefficient (Wildman–Crippen LogP) is 2.95. The van der Waals surface area contributed by atoms with Gasteiger partial charge < -0.3 is 10.6 Å². The van der Waals surface area contributed by atoms with Gasteiger partial charge in [0.05, 0.1) is 5.69 Å². The van der Waals surface area contributed by atoms with Gasteiger partial charge in [-0.3, -0.25) is 9.59 Å². The van der Waals surface area contributed by atoms with Gasteiger partial charge in [-0.05, 0) is 30.3 Å². The first-order valence-electron chi connectivity index (χ1n) is 5.86. The Kier molecular flexibility index (Phi) is 4.32. The van der Waals surface area contributed by atoms with Crippen molar-refractivity contribution < 1.29 is 9.59 Å². The topological polar surface area (TPSA) is 71.1 Å². The smallest absolute Gasteiger partial charge is 0.255 e. The van der Waals surface area contributed by atoms with Crippen LogP contribution in [0, 0.1) is 0 Å². The molecule has 1 aromatic heterocycles. The Morgan fingerprint density at radius 3 is 2.65 bits per heavy atom. The van der Waals surface area contributed by atoms with E-state index in [1.807, 2.05) is 0 Å². The van der Waals surface area contributed by atoms with E-state index < -0.39 is 0 Å². The Bertz CT molecular complexity index is 658. The summed E-state index contributed by atoms with van der Waals surface area (Å²) in [6.07, 6.45) is 1.54. The lowest BCUT2D eigenvalue weighted by atomic mass is 10.2. The highest BCUT2D eigenvalue weighted by molar-refractivity contribution is 6.32. The van der Waals surface area contributed by atoms with Crippen molar-refractivity contribution >= 4 is 34.8 Å². The summed E-state index contributed by atoms with van der Waals surface area (Å²) in [6, 6.07) is 9.95. The van der Waals surface area contributed by atoms with Crippen LogP contribution in [-0.4, -0.2) is 16.8 Å². The van der Waals surface area contributed by atoms with Crippen LogP contribution in [0.5, 0.6) is 0 Å². The number of hydrogen-bond acceptors (Lipinski definition) is 3. The lowest BCUT2D eigenvalue weighted by Crippen LogP contribution is -2.13. The van der Waals surface area contributed by atoms with Crippen LogP contribution in [-0.2, 0) is 4.79 Å². The fourth-order valence-corrected chi connectivity index (χ4v) is 1.78. The first-order valence-corrected chi connectivity index (χ1v) is 6.23. The number of amides is 2. The zero-order valence-electron chi connectivity index (χ0n) is 10.7. The molecule has 6 heteroatoms. The van der Waals surface area contributed by atoms with Gasteiger partial charge in [0.15, 0.2) is 5.15 Å². The highest BCUT2D eigenvalue weighted by Gasteiger charge is 2.09. The molecule has 0 aliphatic rings. The number of benzene rings is 1. The molecule has 0 bridgehead atoms. The molecule has 0 saturated carbocycles. The van der Waals surface area contributed by atoms with Gasteiger partial charge in [0, 0.05) is 24.4 Å². The quantitative estimate of drug-likeness (QED) is 0.853. The third-order valence-electron chi connectivity index (χ3n) is 2.45. The molecule has 20 heavy (non-hydrogen) atoms. The van der Waals surface area contributed by atoms with Crippen LogP contribution in [0.25, 0.3) is 0 Å². The molecule has 2 aromatic rings. The summed E-state index contributed by atoms with van der Waals surface area (Å²) >= 11 is 5.87. The van der Waals surface area contributed by atoms with E-state index in [1.165, 1.54) is 13.1 Å². The molecule has 0 atom stereocenters. The highest BCUT2D eigenvalue weighted by Crippen LogP contribution is 2.19. The average molecular weight is 290 g/mol. The molecule has 0 unspecified atom stereocenters.